The van der Waals surface area contributed by atoms with Gasteiger partial charge in [-0.25, -0.2) is 0 Å². The summed E-state index contributed by atoms with van der Waals surface area (Å²) in [6.07, 6.45) is 2.03. The maximum Gasteiger partial charge on any atom is 0.119 e. The van der Waals surface area contributed by atoms with E-state index in [0.717, 1.165) is 11.3 Å². The summed E-state index contributed by atoms with van der Waals surface area (Å²) in [4.78, 5) is 0. The van der Waals surface area contributed by atoms with Crippen molar-refractivity contribution < 1.29 is 5.11 Å². The van der Waals surface area contributed by atoms with E-state index in [2.05, 4.69) is 0 Å². The van der Waals surface area contributed by atoms with Gasteiger partial charge in [-0.15, -0.1) is 0 Å². The smallest absolute Gasteiger partial charge is 0.119 e. The zero-order chi connectivity index (χ0) is 8.27. The minimum absolute atomic E-state index is 0.416. The Balaban J connectivity index is 3.00. The minimum atomic E-state index is 0.416. The third-order valence-electron chi connectivity index (χ3n) is 1.67. The highest BCUT2D eigenvalue weighted by Gasteiger charge is 2.01. The maximum absolute atomic E-state index is 9.41. The Labute approximate surface area is 71.4 Å². The van der Waals surface area contributed by atoms with Crippen LogP contribution in [0.4, 0.5) is 0 Å². The summed E-state index contributed by atoms with van der Waals surface area (Å²) >= 11 is 1.72. The van der Waals surface area contributed by atoms with Crippen molar-refractivity contribution in [1.82, 2.24) is 0 Å². The molecule has 0 fully saturated rings. The molecule has 0 spiro atoms. The number of phenols is 1. The summed E-state index contributed by atoms with van der Waals surface area (Å²) in [6, 6.07) is 5.62. The third-order valence-corrected chi connectivity index (χ3v) is 2.25. The summed E-state index contributed by atoms with van der Waals surface area (Å²) in [5, 5.41) is 9.41. The molecule has 1 N–H and O–H groups in total. The van der Waals surface area contributed by atoms with Crippen LogP contribution in [0.3, 0.4) is 0 Å². The number of phenolic OH excluding ortho intramolecular Hbond substituents is 1. The molecule has 1 rings (SSSR count). The van der Waals surface area contributed by atoms with Gasteiger partial charge in [-0.2, -0.15) is 11.8 Å². The molecular weight excluding hydrogens is 156 g/mol. The second kappa shape index (κ2) is 3.67. The highest BCUT2D eigenvalue weighted by molar-refractivity contribution is 7.97. The fourth-order valence-electron chi connectivity index (χ4n) is 1.02. The van der Waals surface area contributed by atoms with Crippen LogP contribution in [0.15, 0.2) is 18.2 Å². The molecule has 2 heteroatoms. The fraction of sp³-hybridized carbons (Fsp3) is 0.333. The molecule has 11 heavy (non-hydrogen) atoms. The highest BCUT2D eigenvalue weighted by atomic mass is 32.2. The highest BCUT2D eigenvalue weighted by Crippen LogP contribution is 2.23. The number of aromatic hydroxyl groups is 1. The quantitative estimate of drug-likeness (QED) is 0.732. The van der Waals surface area contributed by atoms with Crippen molar-refractivity contribution in [3.8, 4) is 5.75 Å². The lowest BCUT2D eigenvalue weighted by Gasteiger charge is -2.05. The normalized spacial score (nSPS) is 10.0. The van der Waals surface area contributed by atoms with Gasteiger partial charge < -0.3 is 5.11 Å². The predicted molar refractivity (Wildman–Crippen MR) is 50.1 cm³/mol. The van der Waals surface area contributed by atoms with Crippen molar-refractivity contribution >= 4 is 11.8 Å². The molecule has 1 aromatic rings. The molecule has 0 aliphatic heterocycles. The number of benzene rings is 1. The van der Waals surface area contributed by atoms with Crippen LogP contribution < -0.4 is 0 Å². The van der Waals surface area contributed by atoms with Crippen LogP contribution in [0.2, 0.25) is 0 Å². The molecule has 0 aliphatic carbocycles. The Bertz CT molecular complexity index is 225. The average molecular weight is 168 g/mol. The van der Waals surface area contributed by atoms with Crippen LogP contribution in [-0.4, -0.2) is 11.4 Å². The summed E-state index contributed by atoms with van der Waals surface area (Å²) in [5.74, 6) is 1.30. The standard InChI is InChI=1S/C9H12OS/c1-7-4-3-5-9(10)8(7)6-11-2/h3-5,10H,6H2,1-2H3. The Kier molecular flexibility index (Phi) is 2.83. The van der Waals surface area contributed by atoms with Gasteiger partial charge in [-0.3, -0.25) is 0 Å². The van der Waals surface area contributed by atoms with Gasteiger partial charge in [0.05, 0.1) is 0 Å². The van der Waals surface area contributed by atoms with Crippen LogP contribution >= 0.6 is 11.8 Å². The van der Waals surface area contributed by atoms with Crippen molar-refractivity contribution in [3.63, 3.8) is 0 Å². The van der Waals surface area contributed by atoms with E-state index < -0.39 is 0 Å². The van der Waals surface area contributed by atoms with E-state index in [0.29, 0.717) is 5.75 Å². The first-order chi connectivity index (χ1) is 5.25. The van der Waals surface area contributed by atoms with Gasteiger partial charge in [0.2, 0.25) is 0 Å². The van der Waals surface area contributed by atoms with E-state index in [1.165, 1.54) is 5.56 Å². The van der Waals surface area contributed by atoms with Crippen molar-refractivity contribution in [2.45, 2.75) is 12.7 Å². The second-order valence-electron chi connectivity index (χ2n) is 2.51. The van der Waals surface area contributed by atoms with Crippen LogP contribution in [0.1, 0.15) is 11.1 Å². The molecule has 0 saturated heterocycles. The molecule has 0 aliphatic rings. The van der Waals surface area contributed by atoms with E-state index in [1.807, 2.05) is 25.3 Å². The lowest BCUT2D eigenvalue weighted by atomic mass is 10.1. The van der Waals surface area contributed by atoms with E-state index in [1.54, 1.807) is 17.8 Å². The average Bonchev–Trinajstić information content (AvgIpc) is 1.97. The molecule has 60 valence electrons. The second-order valence-corrected chi connectivity index (χ2v) is 3.37. The molecule has 0 aromatic heterocycles. The van der Waals surface area contributed by atoms with Crippen LogP contribution in [0.25, 0.3) is 0 Å². The maximum atomic E-state index is 9.41. The minimum Gasteiger partial charge on any atom is -0.508 e. The van der Waals surface area contributed by atoms with Gasteiger partial charge in [0, 0.05) is 11.3 Å². The molecule has 0 amide bonds. The monoisotopic (exact) mass is 168 g/mol. The Morgan fingerprint density at radius 1 is 1.45 bits per heavy atom. The molecule has 1 aromatic carbocycles. The van der Waals surface area contributed by atoms with Gasteiger partial charge in [0.15, 0.2) is 0 Å². The van der Waals surface area contributed by atoms with Crippen LogP contribution in [-0.2, 0) is 5.75 Å². The Morgan fingerprint density at radius 3 is 2.73 bits per heavy atom. The summed E-state index contributed by atoms with van der Waals surface area (Å²) in [7, 11) is 0. The first kappa shape index (κ1) is 8.47. The van der Waals surface area contributed by atoms with Crippen molar-refractivity contribution in [1.29, 1.82) is 0 Å². The molecule has 0 unspecified atom stereocenters. The topological polar surface area (TPSA) is 20.2 Å². The number of aryl methyl sites for hydroxylation is 1. The fourth-order valence-corrected chi connectivity index (χ4v) is 1.68. The van der Waals surface area contributed by atoms with Crippen molar-refractivity contribution in [3.05, 3.63) is 29.3 Å². The zero-order valence-corrected chi connectivity index (χ0v) is 7.61. The molecule has 0 heterocycles. The summed E-state index contributed by atoms with van der Waals surface area (Å²) in [5.41, 5.74) is 2.22. The number of rotatable bonds is 2. The number of hydrogen-bond acceptors (Lipinski definition) is 2. The van der Waals surface area contributed by atoms with Crippen LogP contribution in [0.5, 0.6) is 5.75 Å². The largest absolute Gasteiger partial charge is 0.508 e. The van der Waals surface area contributed by atoms with E-state index in [4.69, 9.17) is 0 Å². The zero-order valence-electron chi connectivity index (χ0n) is 6.79. The molecule has 0 radical (unpaired) electrons. The number of hydrogen-bond donors (Lipinski definition) is 1. The third kappa shape index (κ3) is 1.90. The SMILES string of the molecule is CSCc1c(C)cccc1O. The van der Waals surface area contributed by atoms with Gasteiger partial charge in [-0.05, 0) is 24.8 Å². The lowest BCUT2D eigenvalue weighted by Crippen LogP contribution is -1.85. The Morgan fingerprint density at radius 2 is 2.18 bits per heavy atom. The first-order valence-electron chi connectivity index (χ1n) is 3.52. The van der Waals surface area contributed by atoms with Gasteiger partial charge in [0.1, 0.15) is 5.75 Å². The van der Waals surface area contributed by atoms with E-state index >= 15 is 0 Å². The van der Waals surface area contributed by atoms with Crippen LogP contribution in [0, 0.1) is 6.92 Å². The van der Waals surface area contributed by atoms with E-state index in [9.17, 15) is 5.11 Å². The van der Waals surface area contributed by atoms with Crippen molar-refractivity contribution in [2.75, 3.05) is 6.26 Å². The molecule has 1 nitrogen and oxygen atoms in total. The summed E-state index contributed by atoms with van der Waals surface area (Å²) < 4.78 is 0. The van der Waals surface area contributed by atoms with Gasteiger partial charge in [0.25, 0.3) is 0 Å². The van der Waals surface area contributed by atoms with Gasteiger partial charge in [-0.1, -0.05) is 12.1 Å². The predicted octanol–water partition coefficient (Wildman–Crippen LogP) is 2.56. The first-order valence-corrected chi connectivity index (χ1v) is 4.91. The lowest BCUT2D eigenvalue weighted by molar-refractivity contribution is 0.470. The van der Waals surface area contributed by atoms with Crippen molar-refractivity contribution in [2.24, 2.45) is 0 Å². The summed E-state index contributed by atoms with van der Waals surface area (Å²) in [6.45, 7) is 2.02. The molecular formula is C9H12OS. The van der Waals surface area contributed by atoms with Gasteiger partial charge >= 0.3 is 0 Å². The Hall–Kier alpha value is -0.630. The molecule has 0 bridgehead atoms. The molecule has 0 saturated carbocycles. The number of thioether (sulfide) groups is 1. The van der Waals surface area contributed by atoms with E-state index in [-0.39, 0.29) is 0 Å². The molecule has 0 atom stereocenters.